The summed E-state index contributed by atoms with van der Waals surface area (Å²) in [5.41, 5.74) is 2.93. The van der Waals surface area contributed by atoms with Crippen molar-refractivity contribution in [3.8, 4) is 0 Å². The molecule has 3 aromatic rings. The van der Waals surface area contributed by atoms with Crippen LogP contribution in [0.2, 0.25) is 0 Å². The van der Waals surface area contributed by atoms with E-state index in [0.29, 0.717) is 13.1 Å². The van der Waals surface area contributed by atoms with E-state index in [1.807, 2.05) is 24.3 Å². The van der Waals surface area contributed by atoms with E-state index in [1.54, 1.807) is 19.2 Å². The number of aromatic amines is 1. The summed E-state index contributed by atoms with van der Waals surface area (Å²) in [6.07, 6.45) is 2.00. The van der Waals surface area contributed by atoms with E-state index in [1.165, 1.54) is 5.39 Å². The molecule has 1 aliphatic rings. The highest BCUT2D eigenvalue weighted by Gasteiger charge is 2.45. The minimum Gasteiger partial charge on any atom is -0.357 e. The fourth-order valence-electron chi connectivity index (χ4n) is 3.46. The number of benzene rings is 2. The van der Waals surface area contributed by atoms with E-state index in [9.17, 15) is 4.39 Å². The molecule has 0 bridgehead atoms. The zero-order valence-corrected chi connectivity index (χ0v) is 14.8. The molecule has 1 saturated carbocycles. The Kier molecular flexibility index (Phi) is 4.37. The van der Waals surface area contributed by atoms with Crippen LogP contribution in [0.4, 0.5) is 4.39 Å². The lowest BCUT2D eigenvalue weighted by molar-refractivity contribution is 0.559. The fourth-order valence-corrected chi connectivity index (χ4v) is 3.46. The van der Waals surface area contributed by atoms with Gasteiger partial charge in [-0.05, 0) is 42.0 Å². The van der Waals surface area contributed by atoms with Crippen LogP contribution in [0.15, 0.2) is 59.6 Å². The number of H-pyrrole nitrogens is 1. The molecule has 4 rings (SSSR count). The van der Waals surface area contributed by atoms with E-state index in [2.05, 4.69) is 38.8 Å². The van der Waals surface area contributed by atoms with Gasteiger partial charge in [-0.1, -0.05) is 36.4 Å². The van der Waals surface area contributed by atoms with Gasteiger partial charge in [0.15, 0.2) is 5.96 Å². The first kappa shape index (κ1) is 16.6. The number of hydrogen-bond acceptors (Lipinski definition) is 1. The first-order chi connectivity index (χ1) is 12.7. The second-order valence-electron chi connectivity index (χ2n) is 6.92. The molecule has 1 aliphatic carbocycles. The lowest BCUT2D eigenvalue weighted by atomic mass is 9.95. The molecule has 0 saturated heterocycles. The Labute approximate surface area is 152 Å². The monoisotopic (exact) mass is 350 g/mol. The quantitative estimate of drug-likeness (QED) is 0.485. The van der Waals surface area contributed by atoms with Gasteiger partial charge in [-0.25, -0.2) is 4.39 Å². The lowest BCUT2D eigenvalue weighted by Crippen LogP contribution is -2.41. The maximum absolute atomic E-state index is 14.1. The fraction of sp³-hybridized carbons (Fsp3) is 0.286. The third-order valence-corrected chi connectivity index (χ3v) is 5.15. The molecular weight excluding hydrogens is 327 g/mol. The number of fused-ring (bicyclic) bond motifs is 1. The van der Waals surface area contributed by atoms with Crippen LogP contribution in [0.3, 0.4) is 0 Å². The number of para-hydroxylation sites is 1. The summed E-state index contributed by atoms with van der Waals surface area (Å²) < 4.78 is 14.1. The second-order valence-corrected chi connectivity index (χ2v) is 6.92. The number of nitrogens with zero attached hydrogens (tertiary/aromatic N) is 1. The molecule has 1 aromatic heterocycles. The Morgan fingerprint density at radius 2 is 1.88 bits per heavy atom. The molecule has 5 heteroatoms. The molecule has 0 atom stereocenters. The molecule has 0 aliphatic heterocycles. The molecule has 26 heavy (non-hydrogen) atoms. The van der Waals surface area contributed by atoms with E-state index in [-0.39, 0.29) is 11.2 Å². The van der Waals surface area contributed by atoms with Crippen LogP contribution in [0, 0.1) is 5.82 Å². The van der Waals surface area contributed by atoms with Crippen molar-refractivity contribution in [2.45, 2.75) is 24.8 Å². The van der Waals surface area contributed by atoms with Crippen molar-refractivity contribution < 1.29 is 4.39 Å². The molecule has 0 unspecified atom stereocenters. The number of nitrogens with one attached hydrogen (secondary N) is 3. The largest absolute Gasteiger partial charge is 0.357 e. The number of hydrogen-bond donors (Lipinski definition) is 3. The van der Waals surface area contributed by atoms with Gasteiger partial charge in [0.25, 0.3) is 0 Å². The zero-order chi connectivity index (χ0) is 18.0. The van der Waals surface area contributed by atoms with Gasteiger partial charge >= 0.3 is 0 Å². The Hall–Kier alpha value is -2.82. The average molecular weight is 350 g/mol. The van der Waals surface area contributed by atoms with Gasteiger partial charge in [0.2, 0.25) is 0 Å². The topological polar surface area (TPSA) is 52.2 Å². The predicted molar refractivity (Wildman–Crippen MR) is 104 cm³/mol. The van der Waals surface area contributed by atoms with Crippen molar-refractivity contribution in [3.63, 3.8) is 0 Å². The average Bonchev–Trinajstić information content (AvgIpc) is 3.33. The molecule has 1 fully saturated rings. The van der Waals surface area contributed by atoms with Crippen LogP contribution in [-0.4, -0.2) is 24.5 Å². The van der Waals surface area contributed by atoms with Crippen LogP contribution >= 0.6 is 0 Å². The standard InChI is InChI=1S/C21H23FN4/c1-23-20(24-13-16-12-15-6-2-5-9-19(15)26-16)25-14-21(10-11-21)17-7-3-4-8-18(17)22/h2-9,12,26H,10-11,13-14H2,1H3,(H2,23,24,25). The van der Waals surface area contributed by atoms with E-state index in [0.717, 1.165) is 35.6 Å². The van der Waals surface area contributed by atoms with Crippen molar-refractivity contribution >= 4 is 16.9 Å². The van der Waals surface area contributed by atoms with Gasteiger partial charge in [-0.3, -0.25) is 4.99 Å². The summed E-state index contributed by atoms with van der Waals surface area (Å²) in [6, 6.07) is 17.4. The second kappa shape index (κ2) is 6.83. The minimum absolute atomic E-state index is 0.107. The number of halogens is 1. The Morgan fingerprint density at radius 3 is 2.62 bits per heavy atom. The van der Waals surface area contributed by atoms with Crippen LogP contribution in [0.1, 0.15) is 24.1 Å². The van der Waals surface area contributed by atoms with Gasteiger partial charge < -0.3 is 15.6 Å². The zero-order valence-electron chi connectivity index (χ0n) is 14.8. The van der Waals surface area contributed by atoms with Crippen molar-refractivity contribution in [3.05, 3.63) is 71.7 Å². The molecule has 1 heterocycles. The van der Waals surface area contributed by atoms with Crippen LogP contribution < -0.4 is 10.6 Å². The third-order valence-electron chi connectivity index (χ3n) is 5.15. The molecule has 3 N–H and O–H groups in total. The lowest BCUT2D eigenvalue weighted by Gasteiger charge is -2.19. The molecule has 0 amide bonds. The first-order valence-electron chi connectivity index (χ1n) is 8.96. The smallest absolute Gasteiger partial charge is 0.191 e. The van der Waals surface area contributed by atoms with Crippen molar-refractivity contribution in [2.24, 2.45) is 4.99 Å². The molecule has 134 valence electrons. The Morgan fingerprint density at radius 1 is 1.12 bits per heavy atom. The minimum atomic E-state index is -0.118. The summed E-state index contributed by atoms with van der Waals surface area (Å²) in [5, 5.41) is 7.89. The van der Waals surface area contributed by atoms with E-state index in [4.69, 9.17) is 0 Å². The third kappa shape index (κ3) is 3.29. The number of aromatic nitrogens is 1. The first-order valence-corrected chi connectivity index (χ1v) is 8.96. The van der Waals surface area contributed by atoms with Gasteiger partial charge in [-0.2, -0.15) is 0 Å². The van der Waals surface area contributed by atoms with Gasteiger partial charge in [0.1, 0.15) is 5.82 Å². The van der Waals surface area contributed by atoms with Crippen molar-refractivity contribution in [1.82, 2.24) is 15.6 Å². The van der Waals surface area contributed by atoms with Crippen LogP contribution in [0.5, 0.6) is 0 Å². The molecule has 0 spiro atoms. The predicted octanol–water partition coefficient (Wildman–Crippen LogP) is 3.70. The molecule has 4 nitrogen and oxygen atoms in total. The van der Waals surface area contributed by atoms with E-state index >= 15 is 0 Å². The number of guanidine groups is 1. The summed E-state index contributed by atoms with van der Waals surface area (Å²) >= 11 is 0. The highest BCUT2D eigenvalue weighted by atomic mass is 19.1. The van der Waals surface area contributed by atoms with Gasteiger partial charge in [0.05, 0.1) is 6.54 Å². The summed E-state index contributed by atoms with van der Waals surface area (Å²) in [5.74, 6) is 0.610. The van der Waals surface area contributed by atoms with Gasteiger partial charge in [-0.15, -0.1) is 0 Å². The molecule has 2 aromatic carbocycles. The summed E-state index contributed by atoms with van der Waals surface area (Å²) in [6.45, 7) is 1.33. The Balaban J connectivity index is 1.37. The molecular formula is C21H23FN4. The summed E-state index contributed by atoms with van der Waals surface area (Å²) in [7, 11) is 1.75. The Bertz CT molecular complexity index is 907. The maximum Gasteiger partial charge on any atom is 0.191 e. The highest BCUT2D eigenvalue weighted by Crippen LogP contribution is 2.48. The van der Waals surface area contributed by atoms with Crippen molar-refractivity contribution in [2.75, 3.05) is 13.6 Å². The molecule has 0 radical (unpaired) electrons. The normalized spacial score (nSPS) is 15.8. The van der Waals surface area contributed by atoms with Crippen LogP contribution in [0.25, 0.3) is 10.9 Å². The maximum atomic E-state index is 14.1. The van der Waals surface area contributed by atoms with Gasteiger partial charge in [0, 0.05) is 30.2 Å². The number of aliphatic imine (C=N–C) groups is 1. The number of rotatable bonds is 5. The van der Waals surface area contributed by atoms with Crippen molar-refractivity contribution in [1.29, 1.82) is 0 Å². The SMILES string of the molecule is CN=C(NCc1cc2ccccc2[nH]1)NCC1(c2ccccc2F)CC1. The van der Waals surface area contributed by atoms with E-state index < -0.39 is 0 Å². The van der Waals surface area contributed by atoms with Crippen LogP contribution in [-0.2, 0) is 12.0 Å². The highest BCUT2D eigenvalue weighted by molar-refractivity contribution is 5.81. The summed E-state index contributed by atoms with van der Waals surface area (Å²) in [4.78, 5) is 7.69.